The maximum absolute atomic E-state index is 5.89. The summed E-state index contributed by atoms with van der Waals surface area (Å²) >= 11 is 0. The molecule has 1 heterocycles. The smallest absolute Gasteiger partial charge is 0.511 e. The molecule has 1 aliphatic heterocycles. The van der Waals surface area contributed by atoms with E-state index in [1.165, 1.54) is 19.3 Å². The van der Waals surface area contributed by atoms with Crippen molar-refractivity contribution in [3.63, 3.8) is 0 Å². The molecule has 1 aliphatic carbocycles. The minimum atomic E-state index is -0.338. The normalized spacial score (nSPS) is 21.1. The van der Waals surface area contributed by atoms with Crippen molar-refractivity contribution in [1.29, 1.82) is 0 Å². The zero-order chi connectivity index (χ0) is 9.43. The predicted molar refractivity (Wildman–Crippen MR) is 52.4 cm³/mol. The first kappa shape index (κ1) is 10.9. The van der Waals surface area contributed by atoms with Crippen LogP contribution in [0.25, 0.3) is 0 Å². The van der Waals surface area contributed by atoms with Crippen molar-refractivity contribution in [2.75, 3.05) is 0 Å². The molecule has 1 saturated carbocycles. The van der Waals surface area contributed by atoms with Crippen LogP contribution in [-0.4, -0.2) is 5.79 Å². The Hall–Kier alpha value is -0.583. The molecule has 0 unspecified atom stereocenters. The Morgan fingerprint density at radius 3 is 2.53 bits per heavy atom. The van der Waals surface area contributed by atoms with Crippen LogP contribution in [0.5, 0.6) is 11.5 Å². The van der Waals surface area contributed by atoms with E-state index in [1.54, 1.807) is 0 Å². The fraction of sp³-hybridized carbons (Fsp3) is 0.500. The second-order valence-electron chi connectivity index (χ2n) is 4.05. The molecule has 1 spiro atoms. The Kier molecular flexibility index (Phi) is 3.00. The quantitative estimate of drug-likeness (QED) is 0.427. The summed E-state index contributed by atoms with van der Waals surface area (Å²) in [5, 5.41) is 0. The van der Waals surface area contributed by atoms with Crippen LogP contribution in [0.4, 0.5) is 0 Å². The van der Waals surface area contributed by atoms with Gasteiger partial charge < -0.3 is 9.47 Å². The number of rotatable bonds is 0. The van der Waals surface area contributed by atoms with Gasteiger partial charge in [0.25, 0.3) is 0 Å². The van der Waals surface area contributed by atoms with E-state index in [0.29, 0.717) is 0 Å². The molecular weight excluding hydrogens is 183 g/mol. The van der Waals surface area contributed by atoms with E-state index >= 15 is 0 Å². The third-order valence-corrected chi connectivity index (χ3v) is 3.00. The molecule has 15 heavy (non-hydrogen) atoms. The van der Waals surface area contributed by atoms with E-state index in [9.17, 15) is 0 Å². The van der Waals surface area contributed by atoms with Crippen LogP contribution >= 0.6 is 0 Å². The molecule has 0 aromatic heterocycles. The van der Waals surface area contributed by atoms with Gasteiger partial charge in [0.15, 0.2) is 0 Å². The summed E-state index contributed by atoms with van der Waals surface area (Å²) < 4.78 is 11.8. The second kappa shape index (κ2) is 4.12. The summed E-state index contributed by atoms with van der Waals surface area (Å²) in [4.78, 5) is 0. The molecule has 3 heteroatoms. The molecule has 1 fully saturated rings. The topological polar surface area (TPSA) is 18.5 Å². The fourth-order valence-corrected chi connectivity index (χ4v) is 2.28. The van der Waals surface area contributed by atoms with E-state index in [-0.39, 0.29) is 24.6 Å². The summed E-state index contributed by atoms with van der Waals surface area (Å²) in [6.45, 7) is 0. The number of hydrogen-bond donors (Lipinski definition) is 0. The minimum absolute atomic E-state index is 0. The van der Waals surface area contributed by atoms with Crippen molar-refractivity contribution in [2.45, 2.75) is 37.9 Å². The molecule has 1 aromatic rings. The van der Waals surface area contributed by atoms with Crippen LogP contribution in [0.2, 0.25) is 0 Å². The van der Waals surface area contributed by atoms with Gasteiger partial charge in [-0.2, -0.15) is 12.1 Å². The predicted octanol–water partition coefficient (Wildman–Crippen LogP) is -0.0776. The Morgan fingerprint density at radius 2 is 1.80 bits per heavy atom. The Bertz CT molecular complexity index is 318. The maximum atomic E-state index is 5.89. The van der Waals surface area contributed by atoms with Gasteiger partial charge in [0.05, 0.1) is 11.5 Å². The van der Waals surface area contributed by atoms with Crippen molar-refractivity contribution >= 4 is 0 Å². The summed E-state index contributed by atoms with van der Waals surface area (Å²) in [5.74, 6) is 1.40. The molecule has 0 saturated heterocycles. The van der Waals surface area contributed by atoms with Crippen LogP contribution < -0.4 is 28.3 Å². The average Bonchev–Trinajstić information content (AvgIpc) is 2.56. The van der Waals surface area contributed by atoms with Crippen molar-refractivity contribution in [1.82, 2.24) is 0 Å². The molecule has 0 radical (unpaired) electrons. The molecule has 0 N–H and O–H groups in total. The molecule has 0 atom stereocenters. The molecule has 3 rings (SSSR count). The van der Waals surface area contributed by atoms with Crippen molar-refractivity contribution in [3.8, 4) is 11.5 Å². The third-order valence-electron chi connectivity index (χ3n) is 3.00. The Labute approximate surface area is 102 Å². The van der Waals surface area contributed by atoms with Gasteiger partial charge in [-0.3, -0.25) is 0 Å². The molecule has 2 aliphatic rings. The number of hydrogen-bond acceptors (Lipinski definition) is 2. The summed E-state index contributed by atoms with van der Waals surface area (Å²) in [5.41, 5.74) is 0. The monoisotopic (exact) mass is 196 g/mol. The van der Waals surface area contributed by atoms with Gasteiger partial charge in [0, 0.05) is 12.8 Å². The van der Waals surface area contributed by atoms with Crippen molar-refractivity contribution in [2.24, 2.45) is 0 Å². The van der Waals surface area contributed by atoms with Crippen LogP contribution in [0.15, 0.2) is 18.2 Å². The number of benzene rings is 1. The number of fused-ring (bicyclic) bond motifs is 1. The van der Waals surface area contributed by atoms with Crippen LogP contribution in [-0.2, 0) is 0 Å². The summed E-state index contributed by atoms with van der Waals surface area (Å²) in [6.07, 6.45) is 5.75. The molecule has 0 bridgehead atoms. The van der Waals surface area contributed by atoms with Gasteiger partial charge in [-0.05, 0) is 12.8 Å². The van der Waals surface area contributed by atoms with Gasteiger partial charge in [0.2, 0.25) is 5.79 Å². The van der Waals surface area contributed by atoms with Gasteiger partial charge >= 0.3 is 18.9 Å². The Morgan fingerprint density at radius 1 is 1.07 bits per heavy atom. The summed E-state index contributed by atoms with van der Waals surface area (Å²) in [6, 6.07) is 8.66. The maximum Gasteiger partial charge on any atom is 1.00 e. The first-order valence-electron chi connectivity index (χ1n) is 5.26. The zero-order valence-electron chi connectivity index (χ0n) is 9.08. The standard InChI is InChI=1S/C12H13O2.Li/c1-4-8-12(9-5-1)13-10-6-2-3-7-11(10)14-12;/h2,6-7H,1,4-5,8-9H2;/q-1;+1. The zero-order valence-corrected chi connectivity index (χ0v) is 9.08. The van der Waals surface area contributed by atoms with Crippen molar-refractivity contribution < 1.29 is 28.3 Å². The van der Waals surface area contributed by atoms with E-state index in [4.69, 9.17) is 9.47 Å². The molecule has 2 nitrogen and oxygen atoms in total. The van der Waals surface area contributed by atoms with Crippen LogP contribution in [0.3, 0.4) is 0 Å². The van der Waals surface area contributed by atoms with E-state index in [2.05, 4.69) is 6.07 Å². The largest absolute Gasteiger partial charge is 1.00 e. The second-order valence-corrected chi connectivity index (χ2v) is 4.05. The van der Waals surface area contributed by atoms with Gasteiger partial charge in [-0.1, -0.05) is 6.42 Å². The minimum Gasteiger partial charge on any atom is -0.511 e. The first-order valence-corrected chi connectivity index (χ1v) is 5.26. The fourth-order valence-electron chi connectivity index (χ4n) is 2.28. The van der Waals surface area contributed by atoms with Gasteiger partial charge in [-0.25, -0.2) is 0 Å². The number of ether oxygens (including phenoxy) is 2. The first-order chi connectivity index (χ1) is 6.88. The van der Waals surface area contributed by atoms with E-state index < -0.39 is 0 Å². The van der Waals surface area contributed by atoms with Crippen LogP contribution in [0, 0.1) is 6.07 Å². The third kappa shape index (κ3) is 1.89. The van der Waals surface area contributed by atoms with E-state index in [1.807, 2.05) is 18.2 Å². The molecule has 0 amide bonds. The molecule has 1 aromatic carbocycles. The SMILES string of the molecule is [Li+].[c-]1ccc2c(c1)OC1(CCCCC1)O2. The van der Waals surface area contributed by atoms with Crippen molar-refractivity contribution in [3.05, 3.63) is 24.3 Å². The van der Waals surface area contributed by atoms with E-state index in [0.717, 1.165) is 24.3 Å². The van der Waals surface area contributed by atoms with Crippen LogP contribution in [0.1, 0.15) is 32.1 Å². The molecular formula is C12H13LiO2. The van der Waals surface area contributed by atoms with Gasteiger partial charge in [0.1, 0.15) is 0 Å². The Balaban J connectivity index is 0.000000853. The summed E-state index contributed by atoms with van der Waals surface area (Å²) in [7, 11) is 0. The molecule has 74 valence electrons. The average molecular weight is 196 g/mol. The van der Waals surface area contributed by atoms with Gasteiger partial charge in [-0.15, -0.1) is 12.1 Å².